The molecule has 4 aromatic rings. The normalized spacial score (nSPS) is 11.6. The van der Waals surface area contributed by atoms with Crippen LogP contribution in [-0.2, 0) is 11.9 Å². The maximum atomic E-state index is 12.8. The van der Waals surface area contributed by atoms with Gasteiger partial charge in [-0.2, -0.15) is 13.2 Å². The van der Waals surface area contributed by atoms with Gasteiger partial charge in [-0.05, 0) is 48.2 Å². The molecule has 0 radical (unpaired) electrons. The molecule has 164 valence electrons. The Kier molecular flexibility index (Phi) is 6.12. The number of nitrogens with zero attached hydrogens (tertiary/aromatic N) is 1. The molecule has 0 aliphatic rings. The molecular weight excluding hydrogens is 459 g/mol. The van der Waals surface area contributed by atoms with Crippen molar-refractivity contribution >= 4 is 29.1 Å². The van der Waals surface area contributed by atoms with Crippen molar-refractivity contribution in [3.05, 3.63) is 82.4 Å². The molecule has 0 spiro atoms. The molecule has 4 rings (SSSR count). The van der Waals surface area contributed by atoms with Crippen LogP contribution in [0.15, 0.2) is 69.4 Å². The van der Waals surface area contributed by atoms with Crippen LogP contribution in [0.5, 0.6) is 0 Å². The van der Waals surface area contributed by atoms with Crippen LogP contribution in [0.4, 0.5) is 13.2 Å². The predicted octanol–water partition coefficient (Wildman–Crippen LogP) is 7.39. The fourth-order valence-electron chi connectivity index (χ4n) is 3.14. The summed E-state index contributed by atoms with van der Waals surface area (Å²) in [4.78, 5) is 13.0. The van der Waals surface area contributed by atoms with Gasteiger partial charge in [-0.1, -0.05) is 29.4 Å². The summed E-state index contributed by atoms with van der Waals surface area (Å²) in [6, 6.07) is 14.0. The summed E-state index contributed by atoms with van der Waals surface area (Å²) in [5, 5.41) is 15.1. The van der Waals surface area contributed by atoms with E-state index in [-0.39, 0.29) is 5.56 Å². The van der Waals surface area contributed by atoms with E-state index < -0.39 is 17.7 Å². The second kappa shape index (κ2) is 8.84. The lowest BCUT2D eigenvalue weighted by Crippen LogP contribution is -2.03. The number of rotatable bonds is 6. The van der Waals surface area contributed by atoms with Crippen LogP contribution < -0.4 is 0 Å². The van der Waals surface area contributed by atoms with Gasteiger partial charge >= 0.3 is 12.1 Å². The van der Waals surface area contributed by atoms with Gasteiger partial charge in [0.2, 0.25) is 0 Å². The minimum Gasteiger partial charge on any atom is -0.478 e. The van der Waals surface area contributed by atoms with Gasteiger partial charge in [0, 0.05) is 26.7 Å². The highest BCUT2D eigenvalue weighted by Crippen LogP contribution is 2.35. The minimum atomic E-state index is -4.38. The van der Waals surface area contributed by atoms with Crippen molar-refractivity contribution in [3.8, 4) is 21.8 Å². The molecule has 0 aliphatic carbocycles. The topological polar surface area (TPSA) is 63.3 Å². The highest BCUT2D eigenvalue weighted by molar-refractivity contribution is 7.98. The number of carboxylic acids is 1. The Morgan fingerprint density at radius 3 is 2.34 bits per heavy atom. The first-order valence-electron chi connectivity index (χ1n) is 9.41. The van der Waals surface area contributed by atoms with E-state index in [0.717, 1.165) is 28.2 Å². The highest BCUT2D eigenvalue weighted by atomic mass is 32.2. The molecule has 2 aromatic heterocycles. The number of hydrogen-bond donors (Lipinski definition) is 1. The molecule has 9 heteroatoms. The van der Waals surface area contributed by atoms with Gasteiger partial charge in [0.1, 0.15) is 0 Å². The Bertz CT molecular complexity index is 1240. The van der Waals surface area contributed by atoms with Crippen molar-refractivity contribution in [1.29, 1.82) is 0 Å². The lowest BCUT2D eigenvalue weighted by molar-refractivity contribution is -0.137. The number of thiophene rings is 1. The molecule has 0 aliphatic heterocycles. The molecule has 0 saturated heterocycles. The predicted molar refractivity (Wildman–Crippen MR) is 118 cm³/mol. The van der Waals surface area contributed by atoms with Gasteiger partial charge in [-0.3, -0.25) is 0 Å². The van der Waals surface area contributed by atoms with Gasteiger partial charge in [0.25, 0.3) is 0 Å². The molecule has 0 unspecified atom stereocenters. The zero-order chi connectivity index (χ0) is 22.9. The van der Waals surface area contributed by atoms with Crippen molar-refractivity contribution in [1.82, 2.24) is 5.16 Å². The van der Waals surface area contributed by atoms with Crippen LogP contribution in [-0.4, -0.2) is 16.2 Å². The van der Waals surface area contributed by atoms with Crippen LogP contribution in [0.1, 0.15) is 27.2 Å². The Hall–Kier alpha value is -3.04. The maximum Gasteiger partial charge on any atom is 0.416 e. The van der Waals surface area contributed by atoms with Crippen LogP contribution in [0.2, 0.25) is 0 Å². The van der Waals surface area contributed by atoms with Gasteiger partial charge in [-0.15, -0.1) is 23.1 Å². The number of carboxylic acid groups (broad SMARTS) is 1. The third-order valence-corrected chi connectivity index (χ3v) is 6.87. The third kappa shape index (κ3) is 4.58. The fourth-order valence-corrected chi connectivity index (χ4v) is 4.93. The lowest BCUT2D eigenvalue weighted by atomic mass is 10.1. The fraction of sp³-hybridized carbons (Fsp3) is 0.130. The van der Waals surface area contributed by atoms with E-state index in [1.54, 1.807) is 11.4 Å². The SMILES string of the molecule is Cc1c(CSc2ccc(-c3sccc3C(=O)O)cc2)noc1-c1ccc(C(F)(F)F)cc1. The molecule has 1 N–H and O–H groups in total. The Morgan fingerprint density at radius 2 is 1.72 bits per heavy atom. The number of alkyl halides is 3. The standard InChI is InChI=1S/C23H16F3NO3S2/c1-13-19(27-30-20(13)14-2-6-16(7-3-14)23(24,25)26)12-32-17-8-4-15(5-9-17)21-18(22(28)29)10-11-31-21/h2-11H,12H2,1H3,(H,28,29). The summed E-state index contributed by atoms with van der Waals surface area (Å²) < 4.78 is 43.7. The monoisotopic (exact) mass is 475 g/mol. The van der Waals surface area contributed by atoms with E-state index in [1.807, 2.05) is 31.2 Å². The van der Waals surface area contributed by atoms with Crippen LogP contribution in [0.25, 0.3) is 21.8 Å². The molecule has 0 bridgehead atoms. The largest absolute Gasteiger partial charge is 0.478 e. The van der Waals surface area contributed by atoms with E-state index in [9.17, 15) is 23.1 Å². The second-order valence-corrected chi connectivity index (χ2v) is 8.90. The van der Waals surface area contributed by atoms with Gasteiger partial charge in [-0.25, -0.2) is 4.79 Å². The highest BCUT2D eigenvalue weighted by Gasteiger charge is 2.30. The van der Waals surface area contributed by atoms with Crippen LogP contribution in [0.3, 0.4) is 0 Å². The van der Waals surface area contributed by atoms with Crippen molar-refractivity contribution in [2.24, 2.45) is 0 Å². The minimum absolute atomic E-state index is 0.282. The molecule has 0 saturated carbocycles. The summed E-state index contributed by atoms with van der Waals surface area (Å²) >= 11 is 2.91. The molecule has 0 fully saturated rings. The number of thioether (sulfide) groups is 1. The number of benzene rings is 2. The summed E-state index contributed by atoms with van der Waals surface area (Å²) in [5.41, 5.74) is 2.43. The average molecular weight is 476 g/mol. The van der Waals surface area contributed by atoms with Crippen molar-refractivity contribution in [3.63, 3.8) is 0 Å². The van der Waals surface area contributed by atoms with E-state index in [0.29, 0.717) is 27.6 Å². The molecular formula is C23H16F3NO3S2. The Balaban J connectivity index is 1.45. The second-order valence-electron chi connectivity index (χ2n) is 6.94. The summed E-state index contributed by atoms with van der Waals surface area (Å²) in [7, 11) is 0. The molecule has 0 atom stereocenters. The zero-order valence-electron chi connectivity index (χ0n) is 16.6. The van der Waals surface area contributed by atoms with Gasteiger partial charge < -0.3 is 9.63 Å². The maximum absolute atomic E-state index is 12.8. The van der Waals surface area contributed by atoms with Crippen molar-refractivity contribution < 1.29 is 27.6 Å². The first kappa shape index (κ1) is 22.2. The van der Waals surface area contributed by atoms with Crippen LogP contribution in [0, 0.1) is 6.92 Å². The molecule has 2 aromatic carbocycles. The summed E-state index contributed by atoms with van der Waals surface area (Å²) in [6.45, 7) is 1.83. The average Bonchev–Trinajstić information content (AvgIpc) is 3.39. The molecule has 2 heterocycles. The first-order valence-corrected chi connectivity index (χ1v) is 11.3. The van der Waals surface area contributed by atoms with E-state index in [1.165, 1.54) is 35.2 Å². The van der Waals surface area contributed by atoms with Crippen molar-refractivity contribution in [2.75, 3.05) is 0 Å². The lowest BCUT2D eigenvalue weighted by Gasteiger charge is -2.06. The van der Waals surface area contributed by atoms with E-state index in [4.69, 9.17) is 4.52 Å². The van der Waals surface area contributed by atoms with Gasteiger partial charge in [0.05, 0.1) is 16.8 Å². The quantitative estimate of drug-likeness (QED) is 0.295. The number of halogens is 3. The number of aromatic carboxylic acids is 1. The van der Waals surface area contributed by atoms with Crippen LogP contribution >= 0.6 is 23.1 Å². The Labute approximate surface area is 189 Å². The Morgan fingerprint density at radius 1 is 1.06 bits per heavy atom. The van der Waals surface area contributed by atoms with E-state index >= 15 is 0 Å². The third-order valence-electron chi connectivity index (χ3n) is 4.88. The van der Waals surface area contributed by atoms with Crippen molar-refractivity contribution in [2.45, 2.75) is 23.7 Å². The summed E-state index contributed by atoms with van der Waals surface area (Å²) in [6.07, 6.45) is -4.38. The number of aromatic nitrogens is 1. The summed E-state index contributed by atoms with van der Waals surface area (Å²) in [5.74, 6) is 0.0166. The number of carbonyl (C=O) groups is 1. The van der Waals surface area contributed by atoms with E-state index in [2.05, 4.69) is 5.16 Å². The van der Waals surface area contributed by atoms with Gasteiger partial charge in [0.15, 0.2) is 5.76 Å². The molecule has 0 amide bonds. The smallest absolute Gasteiger partial charge is 0.416 e. The molecule has 4 nitrogen and oxygen atoms in total. The first-order chi connectivity index (χ1) is 15.2. The molecule has 32 heavy (non-hydrogen) atoms. The number of hydrogen-bond acceptors (Lipinski definition) is 5. The zero-order valence-corrected chi connectivity index (χ0v) is 18.3.